The van der Waals surface area contributed by atoms with Crippen LogP contribution in [0, 0.1) is 6.92 Å². The summed E-state index contributed by atoms with van der Waals surface area (Å²) in [6, 6.07) is 15.7. The van der Waals surface area contributed by atoms with Crippen molar-refractivity contribution in [2.75, 3.05) is 6.26 Å². The largest absolute Gasteiger partial charge is 0.345 e. The highest BCUT2D eigenvalue weighted by Gasteiger charge is 2.15. The van der Waals surface area contributed by atoms with Gasteiger partial charge in [-0.1, -0.05) is 35.0 Å². The summed E-state index contributed by atoms with van der Waals surface area (Å²) in [4.78, 5) is 17.5. The van der Waals surface area contributed by atoms with E-state index in [9.17, 15) is 4.79 Å². The van der Waals surface area contributed by atoms with E-state index in [1.807, 2.05) is 61.7 Å². The number of hydrogen-bond acceptors (Lipinski definition) is 5. The van der Waals surface area contributed by atoms with Gasteiger partial charge < -0.3 is 9.84 Å². The fourth-order valence-corrected chi connectivity index (χ4v) is 2.54. The molecule has 5 nitrogen and oxygen atoms in total. The van der Waals surface area contributed by atoms with Crippen molar-refractivity contribution in [2.45, 2.75) is 18.4 Å². The number of aromatic nitrogens is 2. The van der Waals surface area contributed by atoms with E-state index in [1.165, 1.54) is 4.90 Å². The van der Waals surface area contributed by atoms with Gasteiger partial charge in [-0.05, 0) is 43.0 Å². The first-order chi connectivity index (χ1) is 11.7. The molecule has 122 valence electrons. The Kier molecular flexibility index (Phi) is 4.96. The van der Waals surface area contributed by atoms with Crippen LogP contribution in [0.25, 0.3) is 11.5 Å². The summed E-state index contributed by atoms with van der Waals surface area (Å²) >= 11 is 1.68. The van der Waals surface area contributed by atoms with E-state index in [0.717, 1.165) is 16.7 Å². The standard InChI is InChI=1S/C18H17N3O2S/c1-12-3-7-14(8-4-12)18-20-16(21-23-18)17(22)19-11-13-5-9-15(24-2)10-6-13/h3-10H,11H2,1-2H3,(H,19,22). The lowest BCUT2D eigenvalue weighted by Crippen LogP contribution is -2.23. The average Bonchev–Trinajstić information content (AvgIpc) is 3.11. The van der Waals surface area contributed by atoms with E-state index < -0.39 is 0 Å². The summed E-state index contributed by atoms with van der Waals surface area (Å²) < 4.78 is 5.17. The zero-order valence-corrected chi connectivity index (χ0v) is 14.3. The SMILES string of the molecule is CSc1ccc(CNC(=O)c2noc(-c3ccc(C)cc3)n2)cc1. The molecule has 0 aliphatic carbocycles. The first kappa shape index (κ1) is 16.3. The van der Waals surface area contributed by atoms with Crippen molar-refractivity contribution in [1.82, 2.24) is 15.5 Å². The Labute approximate surface area is 144 Å². The summed E-state index contributed by atoms with van der Waals surface area (Å²) in [5.41, 5.74) is 2.95. The predicted octanol–water partition coefficient (Wildman–Crippen LogP) is 3.70. The molecular weight excluding hydrogens is 322 g/mol. The minimum atomic E-state index is -0.356. The zero-order valence-electron chi connectivity index (χ0n) is 13.4. The molecule has 1 heterocycles. The Morgan fingerprint density at radius 1 is 1.12 bits per heavy atom. The third-order valence-corrected chi connectivity index (χ3v) is 4.28. The molecule has 2 aromatic carbocycles. The maximum absolute atomic E-state index is 12.1. The second kappa shape index (κ2) is 7.31. The van der Waals surface area contributed by atoms with Crippen LogP contribution in [0.2, 0.25) is 0 Å². The number of benzene rings is 2. The number of rotatable bonds is 5. The van der Waals surface area contributed by atoms with Crippen LogP contribution in [-0.4, -0.2) is 22.3 Å². The Hall–Kier alpha value is -2.60. The van der Waals surface area contributed by atoms with Crippen LogP contribution in [-0.2, 0) is 6.54 Å². The lowest BCUT2D eigenvalue weighted by Gasteiger charge is -2.03. The fraction of sp³-hybridized carbons (Fsp3) is 0.167. The summed E-state index contributed by atoms with van der Waals surface area (Å²) in [6.07, 6.45) is 2.03. The molecule has 3 rings (SSSR count). The molecule has 0 spiro atoms. The van der Waals surface area contributed by atoms with Gasteiger partial charge in [0.2, 0.25) is 0 Å². The van der Waals surface area contributed by atoms with Gasteiger partial charge in [-0.15, -0.1) is 11.8 Å². The Balaban J connectivity index is 1.64. The van der Waals surface area contributed by atoms with Crippen LogP contribution in [0.15, 0.2) is 57.9 Å². The summed E-state index contributed by atoms with van der Waals surface area (Å²) in [7, 11) is 0. The number of hydrogen-bond donors (Lipinski definition) is 1. The highest BCUT2D eigenvalue weighted by Crippen LogP contribution is 2.18. The number of aryl methyl sites for hydroxylation is 1. The van der Waals surface area contributed by atoms with E-state index in [1.54, 1.807) is 11.8 Å². The molecule has 1 aromatic heterocycles. The zero-order chi connectivity index (χ0) is 16.9. The number of amides is 1. The van der Waals surface area contributed by atoms with Crippen LogP contribution in [0.1, 0.15) is 21.7 Å². The van der Waals surface area contributed by atoms with Gasteiger partial charge in [-0.3, -0.25) is 4.79 Å². The van der Waals surface area contributed by atoms with Crippen molar-refractivity contribution in [2.24, 2.45) is 0 Å². The number of carbonyl (C=O) groups excluding carboxylic acids is 1. The quantitative estimate of drug-likeness (QED) is 0.718. The minimum Gasteiger partial charge on any atom is -0.345 e. The molecule has 0 saturated heterocycles. The smallest absolute Gasteiger partial charge is 0.292 e. The van der Waals surface area contributed by atoms with Gasteiger partial charge in [0.15, 0.2) is 0 Å². The molecule has 0 aliphatic rings. The van der Waals surface area contributed by atoms with Crippen molar-refractivity contribution >= 4 is 17.7 Å². The molecule has 0 saturated carbocycles. The third kappa shape index (κ3) is 3.83. The second-order valence-electron chi connectivity index (χ2n) is 5.32. The highest BCUT2D eigenvalue weighted by molar-refractivity contribution is 7.98. The Morgan fingerprint density at radius 3 is 2.50 bits per heavy atom. The van der Waals surface area contributed by atoms with E-state index in [4.69, 9.17) is 4.52 Å². The van der Waals surface area contributed by atoms with E-state index >= 15 is 0 Å². The molecule has 24 heavy (non-hydrogen) atoms. The highest BCUT2D eigenvalue weighted by atomic mass is 32.2. The molecule has 1 N–H and O–H groups in total. The first-order valence-electron chi connectivity index (χ1n) is 7.47. The number of carbonyl (C=O) groups is 1. The van der Waals surface area contributed by atoms with Crippen LogP contribution in [0.4, 0.5) is 0 Å². The average molecular weight is 339 g/mol. The fourth-order valence-electron chi connectivity index (χ4n) is 2.13. The topological polar surface area (TPSA) is 68.0 Å². The molecule has 0 fully saturated rings. The Bertz CT molecular complexity index is 826. The second-order valence-corrected chi connectivity index (χ2v) is 6.20. The predicted molar refractivity (Wildman–Crippen MR) is 93.9 cm³/mol. The maximum Gasteiger partial charge on any atom is 0.292 e. The van der Waals surface area contributed by atoms with Gasteiger partial charge >= 0.3 is 0 Å². The summed E-state index contributed by atoms with van der Waals surface area (Å²) in [5.74, 6) is 0.0156. The molecule has 1 amide bonds. The summed E-state index contributed by atoms with van der Waals surface area (Å²) in [5, 5.41) is 6.55. The molecule has 0 bridgehead atoms. The van der Waals surface area contributed by atoms with E-state index in [-0.39, 0.29) is 11.7 Å². The van der Waals surface area contributed by atoms with E-state index in [2.05, 4.69) is 15.5 Å². The first-order valence-corrected chi connectivity index (χ1v) is 8.70. The van der Waals surface area contributed by atoms with Gasteiger partial charge in [0.25, 0.3) is 17.6 Å². The van der Waals surface area contributed by atoms with Crippen molar-refractivity contribution in [3.8, 4) is 11.5 Å². The van der Waals surface area contributed by atoms with Gasteiger partial charge in [-0.2, -0.15) is 4.98 Å². The maximum atomic E-state index is 12.1. The molecule has 3 aromatic rings. The van der Waals surface area contributed by atoms with Crippen molar-refractivity contribution in [1.29, 1.82) is 0 Å². The molecular formula is C18H17N3O2S. The van der Waals surface area contributed by atoms with Crippen LogP contribution < -0.4 is 5.32 Å². The van der Waals surface area contributed by atoms with Gasteiger partial charge in [-0.25, -0.2) is 0 Å². The normalized spacial score (nSPS) is 10.6. The molecule has 0 aliphatic heterocycles. The molecule has 6 heteroatoms. The Morgan fingerprint density at radius 2 is 1.83 bits per heavy atom. The third-order valence-electron chi connectivity index (χ3n) is 3.54. The van der Waals surface area contributed by atoms with Crippen molar-refractivity contribution in [3.05, 3.63) is 65.5 Å². The molecule has 0 unspecified atom stereocenters. The number of nitrogens with zero attached hydrogens (tertiary/aromatic N) is 2. The number of thioether (sulfide) groups is 1. The summed E-state index contributed by atoms with van der Waals surface area (Å²) in [6.45, 7) is 2.42. The van der Waals surface area contributed by atoms with Crippen molar-refractivity contribution in [3.63, 3.8) is 0 Å². The lowest BCUT2D eigenvalue weighted by atomic mass is 10.1. The minimum absolute atomic E-state index is 0.0336. The monoisotopic (exact) mass is 339 g/mol. The van der Waals surface area contributed by atoms with Crippen LogP contribution in [0.5, 0.6) is 0 Å². The van der Waals surface area contributed by atoms with Crippen LogP contribution in [0.3, 0.4) is 0 Å². The van der Waals surface area contributed by atoms with Gasteiger partial charge in [0.1, 0.15) is 0 Å². The van der Waals surface area contributed by atoms with Crippen molar-refractivity contribution < 1.29 is 9.32 Å². The lowest BCUT2D eigenvalue weighted by molar-refractivity contribution is 0.0937. The van der Waals surface area contributed by atoms with Gasteiger partial charge in [0, 0.05) is 17.0 Å². The van der Waals surface area contributed by atoms with E-state index in [0.29, 0.717) is 12.4 Å². The van der Waals surface area contributed by atoms with Crippen LogP contribution >= 0.6 is 11.8 Å². The van der Waals surface area contributed by atoms with Gasteiger partial charge in [0.05, 0.1) is 0 Å². The molecule has 0 atom stereocenters. The molecule has 0 radical (unpaired) electrons. The number of nitrogens with one attached hydrogen (secondary N) is 1.